The van der Waals surface area contributed by atoms with E-state index in [9.17, 15) is 0 Å². The molecule has 11 heavy (non-hydrogen) atoms. The minimum Gasteiger partial charge on any atom is -0.230 e. The zero-order valence-corrected chi connectivity index (χ0v) is 7.53. The van der Waals surface area contributed by atoms with Gasteiger partial charge in [0.05, 0.1) is 5.56 Å². The van der Waals surface area contributed by atoms with Gasteiger partial charge >= 0.3 is 0 Å². The van der Waals surface area contributed by atoms with E-state index in [1.54, 1.807) is 6.07 Å². The van der Waals surface area contributed by atoms with Crippen LogP contribution in [0.5, 0.6) is 0 Å². The van der Waals surface area contributed by atoms with Gasteiger partial charge in [0.1, 0.15) is 21.5 Å². The Hall–Kier alpha value is -1.14. The van der Waals surface area contributed by atoms with E-state index in [0.29, 0.717) is 15.0 Å². The molecule has 0 N–H and O–H groups in total. The third-order valence-corrected chi connectivity index (χ3v) is 1.91. The van der Waals surface area contributed by atoms with Crippen molar-refractivity contribution in [2.45, 2.75) is 0 Å². The van der Waals surface area contributed by atoms with E-state index < -0.39 is 0 Å². The summed E-state index contributed by atoms with van der Waals surface area (Å²) in [5, 5.41) is 16.9. The standard InChI is InChI=1S/C7H2IN3/c8-7-5(3-9)1-2-6(4-10)11-7/h1-2H. The fourth-order valence-electron chi connectivity index (χ4n) is 0.580. The van der Waals surface area contributed by atoms with Crippen molar-refractivity contribution in [1.29, 1.82) is 10.5 Å². The summed E-state index contributed by atoms with van der Waals surface area (Å²) in [5.41, 5.74) is 0.845. The smallest absolute Gasteiger partial charge is 0.141 e. The van der Waals surface area contributed by atoms with Crippen LogP contribution in [-0.2, 0) is 0 Å². The fraction of sp³-hybridized carbons (Fsp3) is 0. The molecule has 0 atom stereocenters. The quantitative estimate of drug-likeness (QED) is 0.520. The van der Waals surface area contributed by atoms with E-state index in [2.05, 4.69) is 4.98 Å². The van der Waals surface area contributed by atoms with Crippen LogP contribution in [-0.4, -0.2) is 4.98 Å². The van der Waals surface area contributed by atoms with Crippen molar-refractivity contribution in [2.24, 2.45) is 0 Å². The van der Waals surface area contributed by atoms with Crippen LogP contribution in [0.15, 0.2) is 12.1 Å². The normalized spacial score (nSPS) is 8.27. The first-order valence-corrected chi connectivity index (χ1v) is 3.82. The first-order chi connectivity index (χ1) is 5.27. The van der Waals surface area contributed by atoms with Crippen LogP contribution >= 0.6 is 22.6 Å². The predicted molar refractivity (Wildman–Crippen MR) is 46.4 cm³/mol. The van der Waals surface area contributed by atoms with Gasteiger partial charge in [-0.25, -0.2) is 4.98 Å². The lowest BCUT2D eigenvalue weighted by Gasteiger charge is -1.92. The Morgan fingerprint density at radius 2 is 2.00 bits per heavy atom. The Morgan fingerprint density at radius 3 is 2.45 bits per heavy atom. The Balaban J connectivity index is 3.25. The van der Waals surface area contributed by atoms with Gasteiger partial charge in [-0.05, 0) is 34.7 Å². The lowest BCUT2D eigenvalue weighted by atomic mass is 10.3. The Morgan fingerprint density at radius 1 is 1.27 bits per heavy atom. The highest BCUT2D eigenvalue weighted by Crippen LogP contribution is 2.08. The first-order valence-electron chi connectivity index (χ1n) is 2.74. The summed E-state index contributed by atoms with van der Waals surface area (Å²) in [6.45, 7) is 0. The maximum atomic E-state index is 8.50. The first kappa shape index (κ1) is 7.96. The molecule has 52 valence electrons. The van der Waals surface area contributed by atoms with E-state index in [4.69, 9.17) is 10.5 Å². The summed E-state index contributed by atoms with van der Waals surface area (Å²) in [6.07, 6.45) is 0. The lowest BCUT2D eigenvalue weighted by molar-refractivity contribution is 1.20. The van der Waals surface area contributed by atoms with E-state index in [0.717, 1.165) is 0 Å². The second-order valence-electron chi connectivity index (χ2n) is 1.76. The maximum absolute atomic E-state index is 8.50. The Labute approximate surface area is 77.4 Å². The number of pyridine rings is 1. The molecule has 0 aliphatic heterocycles. The molecule has 0 fully saturated rings. The SMILES string of the molecule is N#Cc1ccc(C#N)c(I)n1. The molecule has 0 aliphatic rings. The molecule has 0 aromatic carbocycles. The summed E-state index contributed by atoms with van der Waals surface area (Å²) in [5.74, 6) is 0. The van der Waals surface area contributed by atoms with Crippen LogP contribution < -0.4 is 0 Å². The molecule has 0 amide bonds. The van der Waals surface area contributed by atoms with Gasteiger partial charge < -0.3 is 0 Å². The monoisotopic (exact) mass is 255 g/mol. The number of aromatic nitrogens is 1. The van der Waals surface area contributed by atoms with Gasteiger partial charge in [0.25, 0.3) is 0 Å². The van der Waals surface area contributed by atoms with Crippen molar-refractivity contribution < 1.29 is 0 Å². The number of halogens is 1. The highest BCUT2D eigenvalue weighted by atomic mass is 127. The van der Waals surface area contributed by atoms with Gasteiger partial charge in [-0.2, -0.15) is 10.5 Å². The fourth-order valence-corrected chi connectivity index (χ4v) is 1.14. The molecule has 0 aliphatic carbocycles. The number of hydrogen-bond donors (Lipinski definition) is 0. The van der Waals surface area contributed by atoms with Crippen molar-refractivity contribution in [1.82, 2.24) is 4.98 Å². The second-order valence-corrected chi connectivity index (χ2v) is 2.78. The predicted octanol–water partition coefficient (Wildman–Crippen LogP) is 1.43. The highest BCUT2D eigenvalue weighted by molar-refractivity contribution is 14.1. The lowest BCUT2D eigenvalue weighted by Crippen LogP contribution is -1.89. The molecule has 0 radical (unpaired) electrons. The van der Waals surface area contributed by atoms with E-state index in [-0.39, 0.29) is 0 Å². The van der Waals surface area contributed by atoms with Gasteiger partial charge in [-0.15, -0.1) is 0 Å². The molecule has 4 heteroatoms. The van der Waals surface area contributed by atoms with Gasteiger partial charge in [-0.3, -0.25) is 0 Å². The van der Waals surface area contributed by atoms with Crippen LogP contribution in [0.25, 0.3) is 0 Å². The molecule has 0 unspecified atom stereocenters. The summed E-state index contributed by atoms with van der Waals surface area (Å²) >= 11 is 1.92. The molecule has 1 heterocycles. The molecule has 1 aromatic rings. The maximum Gasteiger partial charge on any atom is 0.141 e. The van der Waals surface area contributed by atoms with Crippen LogP contribution in [0.3, 0.4) is 0 Å². The van der Waals surface area contributed by atoms with Gasteiger partial charge in [0, 0.05) is 0 Å². The average Bonchev–Trinajstić information content (AvgIpc) is 2.04. The van der Waals surface area contributed by atoms with Crippen LogP contribution in [0, 0.1) is 26.4 Å². The van der Waals surface area contributed by atoms with Gasteiger partial charge in [0.2, 0.25) is 0 Å². The van der Waals surface area contributed by atoms with Crippen molar-refractivity contribution in [3.8, 4) is 12.1 Å². The zero-order valence-electron chi connectivity index (χ0n) is 5.37. The number of nitrogens with zero attached hydrogens (tertiary/aromatic N) is 3. The van der Waals surface area contributed by atoms with Crippen LogP contribution in [0.1, 0.15) is 11.3 Å². The molecule has 1 aromatic heterocycles. The van der Waals surface area contributed by atoms with Crippen LogP contribution in [0.2, 0.25) is 0 Å². The van der Waals surface area contributed by atoms with Crippen LogP contribution in [0.4, 0.5) is 0 Å². The summed E-state index contributed by atoms with van der Waals surface area (Å²) in [4.78, 5) is 3.87. The number of rotatable bonds is 0. The number of hydrogen-bond acceptors (Lipinski definition) is 3. The molecule has 0 bridgehead atoms. The Bertz CT molecular complexity index is 359. The van der Waals surface area contributed by atoms with E-state index in [1.165, 1.54) is 6.07 Å². The summed E-state index contributed by atoms with van der Waals surface area (Å²) in [6, 6.07) is 6.98. The summed E-state index contributed by atoms with van der Waals surface area (Å²) < 4.78 is 0.573. The highest BCUT2D eigenvalue weighted by Gasteiger charge is 1.99. The summed E-state index contributed by atoms with van der Waals surface area (Å²) in [7, 11) is 0. The van der Waals surface area contributed by atoms with Gasteiger partial charge in [-0.1, -0.05) is 0 Å². The second kappa shape index (κ2) is 3.31. The van der Waals surface area contributed by atoms with E-state index in [1.807, 2.05) is 34.7 Å². The van der Waals surface area contributed by atoms with Crippen molar-refractivity contribution in [3.05, 3.63) is 27.1 Å². The molecule has 0 saturated heterocycles. The molecular weight excluding hydrogens is 253 g/mol. The van der Waals surface area contributed by atoms with Gasteiger partial charge in [0.15, 0.2) is 0 Å². The Kier molecular flexibility index (Phi) is 2.40. The third kappa shape index (κ3) is 1.66. The molecule has 1 rings (SSSR count). The zero-order chi connectivity index (χ0) is 8.27. The molecule has 3 nitrogen and oxygen atoms in total. The average molecular weight is 255 g/mol. The topological polar surface area (TPSA) is 60.5 Å². The minimum absolute atomic E-state index is 0.341. The van der Waals surface area contributed by atoms with E-state index >= 15 is 0 Å². The van der Waals surface area contributed by atoms with Crippen molar-refractivity contribution in [2.75, 3.05) is 0 Å². The molecule has 0 saturated carbocycles. The molecule has 0 spiro atoms. The van der Waals surface area contributed by atoms with Crippen molar-refractivity contribution in [3.63, 3.8) is 0 Å². The largest absolute Gasteiger partial charge is 0.230 e. The number of nitriles is 2. The molecular formula is C7H2IN3. The minimum atomic E-state index is 0.341. The van der Waals surface area contributed by atoms with Crippen molar-refractivity contribution >= 4 is 22.6 Å². The third-order valence-electron chi connectivity index (χ3n) is 1.08.